The molecule has 0 saturated carbocycles. The Morgan fingerprint density at radius 2 is 1.65 bits per heavy atom. The van der Waals surface area contributed by atoms with Gasteiger partial charge in [-0.05, 0) is 13.8 Å². The third-order valence-corrected chi connectivity index (χ3v) is 3.10. The molecule has 3 atom stereocenters. The molecule has 3 unspecified atom stereocenters. The van der Waals surface area contributed by atoms with Crippen LogP contribution in [-0.4, -0.2) is 40.7 Å². The van der Waals surface area contributed by atoms with E-state index in [0.29, 0.717) is 0 Å². The predicted molar refractivity (Wildman–Crippen MR) is 60.5 cm³/mol. The van der Waals surface area contributed by atoms with Crippen LogP contribution in [0.25, 0.3) is 0 Å². The molecule has 0 aromatic rings. The molecule has 0 bridgehead atoms. The van der Waals surface area contributed by atoms with E-state index < -0.39 is 54.0 Å². The maximum atomic E-state index is 14.0. The molecule has 1 rings (SSSR count). The maximum absolute atomic E-state index is 14.0. The molecule has 0 radical (unpaired) electrons. The van der Waals surface area contributed by atoms with Crippen LogP contribution in [0.15, 0.2) is 12.2 Å². The lowest BCUT2D eigenvalue weighted by Gasteiger charge is -2.49. The highest BCUT2D eigenvalue weighted by Crippen LogP contribution is 2.54. The largest absolute Gasteiger partial charge is 0.446 e. The van der Waals surface area contributed by atoms with E-state index in [1.54, 1.807) is 0 Å². The van der Waals surface area contributed by atoms with Gasteiger partial charge >= 0.3 is 18.3 Å². The highest BCUT2D eigenvalue weighted by molar-refractivity contribution is 5.87. The molecule has 0 aromatic carbocycles. The zero-order chi connectivity index (χ0) is 18.5. The van der Waals surface area contributed by atoms with Crippen molar-refractivity contribution in [3.05, 3.63) is 12.2 Å². The summed E-state index contributed by atoms with van der Waals surface area (Å²) in [5, 5.41) is 9.39. The van der Waals surface area contributed by atoms with Crippen molar-refractivity contribution in [3.8, 4) is 0 Å². The summed E-state index contributed by atoms with van der Waals surface area (Å²) >= 11 is 0. The molecule has 0 spiro atoms. The van der Waals surface area contributed by atoms with Crippen LogP contribution in [0.5, 0.6) is 0 Å². The fourth-order valence-corrected chi connectivity index (χ4v) is 2.14. The normalized spacial score (nSPS) is 35.7. The third kappa shape index (κ3) is 3.77. The molecule has 0 amide bonds. The molecule has 1 N–H and O–H groups in total. The number of alkyl halides is 7. The summed E-state index contributed by atoms with van der Waals surface area (Å²) in [5.74, 6) is -9.72. The summed E-state index contributed by atoms with van der Waals surface area (Å²) in [6.07, 6.45) is -15.4. The van der Waals surface area contributed by atoms with Crippen molar-refractivity contribution < 1.29 is 50.1 Å². The van der Waals surface area contributed by atoms with E-state index in [4.69, 9.17) is 0 Å². The minimum atomic E-state index is -5.76. The van der Waals surface area contributed by atoms with Gasteiger partial charge in [0, 0.05) is 5.57 Å². The van der Waals surface area contributed by atoms with E-state index >= 15 is 0 Å². The van der Waals surface area contributed by atoms with Crippen LogP contribution >= 0.6 is 0 Å². The topological polar surface area (TPSA) is 55.8 Å². The van der Waals surface area contributed by atoms with Gasteiger partial charge in [0.1, 0.15) is 0 Å². The molecule has 1 aliphatic heterocycles. The average molecular weight is 354 g/mol. The van der Waals surface area contributed by atoms with E-state index in [-0.39, 0.29) is 6.92 Å². The second-order valence-electron chi connectivity index (χ2n) is 5.50. The van der Waals surface area contributed by atoms with E-state index in [0.717, 1.165) is 6.92 Å². The molecule has 0 aromatic heterocycles. The first-order valence-corrected chi connectivity index (χ1v) is 6.08. The van der Waals surface area contributed by atoms with Crippen molar-refractivity contribution in [2.45, 2.75) is 56.3 Å². The van der Waals surface area contributed by atoms with Gasteiger partial charge in [-0.2, -0.15) is 26.3 Å². The molecular formula is C12H13F7O4. The van der Waals surface area contributed by atoms with Crippen LogP contribution in [0.4, 0.5) is 30.7 Å². The van der Waals surface area contributed by atoms with Crippen LogP contribution in [-0.2, 0) is 14.3 Å². The van der Waals surface area contributed by atoms with E-state index in [1.807, 2.05) is 0 Å². The summed E-state index contributed by atoms with van der Waals surface area (Å²) in [6.45, 7) is 4.22. The maximum Gasteiger partial charge on any atom is 0.443 e. The van der Waals surface area contributed by atoms with Crippen molar-refractivity contribution in [1.29, 1.82) is 0 Å². The Balaban J connectivity index is 3.44. The lowest BCUT2D eigenvalue weighted by atomic mass is 9.83. The minimum Gasteiger partial charge on any atom is -0.446 e. The summed E-state index contributed by atoms with van der Waals surface area (Å²) in [5.41, 5.74) is -4.48. The standard InChI is InChI=1S/C12H13F7O4/c1-6(2)7(20)22-9(11(14,15)16)4-8(3,13)23-10(21,5-9)12(17,18)19/h21H,1,4-5H2,2-3H3. The minimum absolute atomic E-state index is 0.262. The number of esters is 1. The van der Waals surface area contributed by atoms with Gasteiger partial charge in [0.2, 0.25) is 11.5 Å². The van der Waals surface area contributed by atoms with Crippen molar-refractivity contribution >= 4 is 5.97 Å². The number of hydrogen-bond donors (Lipinski definition) is 1. The molecule has 1 saturated heterocycles. The van der Waals surface area contributed by atoms with Crippen LogP contribution in [0, 0.1) is 0 Å². The number of ether oxygens (including phenoxy) is 2. The third-order valence-electron chi connectivity index (χ3n) is 3.10. The number of halogens is 7. The molecule has 1 heterocycles. The summed E-state index contributed by atoms with van der Waals surface area (Å²) in [7, 11) is 0. The lowest BCUT2D eigenvalue weighted by molar-refractivity contribution is -0.459. The molecule has 11 heteroatoms. The predicted octanol–water partition coefficient (Wildman–Crippen LogP) is 3.15. The van der Waals surface area contributed by atoms with Gasteiger partial charge in [-0.1, -0.05) is 6.58 Å². The Morgan fingerprint density at radius 1 is 1.17 bits per heavy atom. The van der Waals surface area contributed by atoms with E-state index in [1.165, 1.54) is 0 Å². The van der Waals surface area contributed by atoms with Gasteiger partial charge in [0.25, 0.3) is 5.79 Å². The van der Waals surface area contributed by atoms with Crippen molar-refractivity contribution in [2.24, 2.45) is 0 Å². The SMILES string of the molecule is C=C(C)C(=O)OC1(C(F)(F)F)CC(C)(F)OC(O)(C(F)(F)F)C1. The van der Waals surface area contributed by atoms with Crippen molar-refractivity contribution in [2.75, 3.05) is 0 Å². The van der Waals surface area contributed by atoms with E-state index in [2.05, 4.69) is 16.1 Å². The molecule has 23 heavy (non-hydrogen) atoms. The van der Waals surface area contributed by atoms with Crippen LogP contribution in [0.2, 0.25) is 0 Å². The van der Waals surface area contributed by atoms with Crippen molar-refractivity contribution in [1.82, 2.24) is 0 Å². The Hall–Kier alpha value is -1.36. The summed E-state index contributed by atoms with van der Waals surface area (Å²) in [4.78, 5) is 11.4. The smallest absolute Gasteiger partial charge is 0.443 e. The van der Waals surface area contributed by atoms with Gasteiger partial charge in [-0.25, -0.2) is 9.18 Å². The fourth-order valence-electron chi connectivity index (χ4n) is 2.14. The number of carbonyl (C=O) groups is 1. The Morgan fingerprint density at radius 3 is 2.00 bits per heavy atom. The van der Waals surface area contributed by atoms with Gasteiger partial charge in [0.05, 0.1) is 12.8 Å². The Labute approximate surface area is 125 Å². The van der Waals surface area contributed by atoms with Gasteiger partial charge < -0.3 is 14.6 Å². The Bertz CT molecular complexity index is 511. The van der Waals surface area contributed by atoms with Crippen LogP contribution in [0.1, 0.15) is 26.7 Å². The molecule has 1 aliphatic rings. The zero-order valence-electron chi connectivity index (χ0n) is 11.9. The number of hydrogen-bond acceptors (Lipinski definition) is 4. The molecule has 134 valence electrons. The molecule has 0 aliphatic carbocycles. The van der Waals surface area contributed by atoms with Crippen LogP contribution in [0.3, 0.4) is 0 Å². The second-order valence-corrected chi connectivity index (χ2v) is 5.50. The summed E-state index contributed by atoms with van der Waals surface area (Å²) in [6, 6.07) is 0. The van der Waals surface area contributed by atoms with Crippen LogP contribution < -0.4 is 0 Å². The lowest BCUT2D eigenvalue weighted by Crippen LogP contribution is -2.67. The van der Waals surface area contributed by atoms with Gasteiger partial charge in [-0.15, -0.1) is 0 Å². The highest BCUT2D eigenvalue weighted by atomic mass is 19.4. The highest BCUT2D eigenvalue weighted by Gasteiger charge is 2.74. The quantitative estimate of drug-likeness (QED) is 0.470. The summed E-state index contributed by atoms with van der Waals surface area (Å²) < 4.78 is 100. The number of aliphatic hydroxyl groups is 1. The first-order chi connectivity index (χ1) is 9.95. The molecular weight excluding hydrogens is 341 g/mol. The van der Waals surface area contributed by atoms with Crippen molar-refractivity contribution in [3.63, 3.8) is 0 Å². The first kappa shape index (κ1) is 19.7. The van der Waals surface area contributed by atoms with E-state index in [9.17, 15) is 40.6 Å². The monoisotopic (exact) mass is 354 g/mol. The second kappa shape index (κ2) is 5.33. The van der Waals surface area contributed by atoms with Gasteiger partial charge in [0.15, 0.2) is 0 Å². The van der Waals surface area contributed by atoms with Gasteiger partial charge in [-0.3, -0.25) is 0 Å². The zero-order valence-corrected chi connectivity index (χ0v) is 11.9. The number of carbonyl (C=O) groups excluding carboxylic acids is 1. The number of rotatable bonds is 2. The fraction of sp³-hybridized carbons (Fsp3) is 0.750. The average Bonchev–Trinajstić information content (AvgIpc) is 2.22. The Kier molecular flexibility index (Phi) is 4.56. The molecule has 1 fully saturated rings. The first-order valence-electron chi connectivity index (χ1n) is 6.08. The molecule has 4 nitrogen and oxygen atoms in total.